The third-order valence-corrected chi connectivity index (χ3v) is 2.95. The standard InChI is InChI=1S/C10H20N2O2.C2H6/c1-8(13)12(4)10-7-14-6-5-9(10)11(2)3;1-2/h9-10H,5-7H2,1-4H3;1-2H3. The Bertz CT molecular complexity index is 207. The van der Waals surface area contributed by atoms with E-state index < -0.39 is 0 Å². The van der Waals surface area contributed by atoms with Crippen LogP contribution in [0.2, 0.25) is 0 Å². The minimum atomic E-state index is 0.104. The van der Waals surface area contributed by atoms with Crippen LogP contribution in [0, 0.1) is 0 Å². The molecular formula is C12H26N2O2. The van der Waals surface area contributed by atoms with Crippen molar-refractivity contribution in [3.05, 3.63) is 0 Å². The van der Waals surface area contributed by atoms with Gasteiger partial charge in [-0.1, -0.05) is 13.8 Å². The van der Waals surface area contributed by atoms with E-state index >= 15 is 0 Å². The van der Waals surface area contributed by atoms with E-state index in [0.717, 1.165) is 13.0 Å². The molecule has 1 rings (SSSR count). The molecular weight excluding hydrogens is 204 g/mol. The highest BCUT2D eigenvalue weighted by atomic mass is 16.5. The summed E-state index contributed by atoms with van der Waals surface area (Å²) in [6.07, 6.45) is 0.995. The third kappa shape index (κ3) is 4.10. The average molecular weight is 230 g/mol. The molecule has 0 aromatic rings. The number of likely N-dealkylation sites (N-methyl/N-ethyl adjacent to an activating group) is 2. The smallest absolute Gasteiger partial charge is 0.219 e. The number of carbonyl (C=O) groups excluding carboxylic acids is 1. The highest BCUT2D eigenvalue weighted by Crippen LogP contribution is 2.16. The van der Waals surface area contributed by atoms with Gasteiger partial charge in [-0.15, -0.1) is 0 Å². The van der Waals surface area contributed by atoms with Crippen molar-refractivity contribution >= 4 is 5.91 Å². The average Bonchev–Trinajstić information content (AvgIpc) is 2.30. The van der Waals surface area contributed by atoms with Crippen LogP contribution in [0.5, 0.6) is 0 Å². The number of rotatable bonds is 2. The van der Waals surface area contributed by atoms with Crippen molar-refractivity contribution in [1.82, 2.24) is 9.80 Å². The first-order chi connectivity index (χ1) is 7.54. The summed E-state index contributed by atoms with van der Waals surface area (Å²) in [5, 5.41) is 0. The number of hydrogen-bond acceptors (Lipinski definition) is 3. The molecule has 1 heterocycles. The van der Waals surface area contributed by atoms with Crippen molar-refractivity contribution in [2.24, 2.45) is 0 Å². The lowest BCUT2D eigenvalue weighted by molar-refractivity contribution is -0.134. The molecule has 96 valence electrons. The van der Waals surface area contributed by atoms with Gasteiger partial charge >= 0.3 is 0 Å². The van der Waals surface area contributed by atoms with Gasteiger partial charge in [-0.05, 0) is 20.5 Å². The Morgan fingerprint density at radius 1 is 1.19 bits per heavy atom. The molecule has 0 N–H and O–H groups in total. The van der Waals surface area contributed by atoms with Gasteiger partial charge in [-0.25, -0.2) is 0 Å². The molecule has 2 unspecified atom stereocenters. The molecule has 0 aromatic carbocycles. The molecule has 1 aliphatic heterocycles. The zero-order valence-electron chi connectivity index (χ0n) is 11.5. The SMILES string of the molecule is CC.CC(=O)N(C)C1COCCC1N(C)C. The molecule has 2 atom stereocenters. The van der Waals surface area contributed by atoms with Gasteiger partial charge in [0.25, 0.3) is 0 Å². The molecule has 4 heteroatoms. The normalized spacial score (nSPS) is 24.7. The Morgan fingerprint density at radius 3 is 2.19 bits per heavy atom. The van der Waals surface area contributed by atoms with Gasteiger partial charge < -0.3 is 14.5 Å². The zero-order valence-corrected chi connectivity index (χ0v) is 11.5. The van der Waals surface area contributed by atoms with Crippen LogP contribution >= 0.6 is 0 Å². The van der Waals surface area contributed by atoms with Crippen LogP contribution in [-0.2, 0) is 9.53 Å². The van der Waals surface area contributed by atoms with Gasteiger partial charge in [-0.2, -0.15) is 0 Å². The lowest BCUT2D eigenvalue weighted by Gasteiger charge is -2.40. The van der Waals surface area contributed by atoms with E-state index in [1.807, 2.05) is 20.9 Å². The van der Waals surface area contributed by atoms with Crippen molar-refractivity contribution in [3.63, 3.8) is 0 Å². The van der Waals surface area contributed by atoms with Crippen LogP contribution in [0.25, 0.3) is 0 Å². The summed E-state index contributed by atoms with van der Waals surface area (Å²) in [6, 6.07) is 0.605. The first kappa shape index (κ1) is 15.4. The van der Waals surface area contributed by atoms with Crippen molar-refractivity contribution in [3.8, 4) is 0 Å². The molecule has 0 spiro atoms. The molecule has 0 aliphatic carbocycles. The molecule has 0 bridgehead atoms. The van der Waals surface area contributed by atoms with Crippen molar-refractivity contribution < 1.29 is 9.53 Å². The van der Waals surface area contributed by atoms with Gasteiger partial charge in [0, 0.05) is 26.6 Å². The molecule has 0 radical (unpaired) electrons. The molecule has 1 saturated heterocycles. The molecule has 4 nitrogen and oxygen atoms in total. The number of carbonyl (C=O) groups is 1. The summed E-state index contributed by atoms with van der Waals surface area (Å²) in [5.41, 5.74) is 0. The fourth-order valence-corrected chi connectivity index (χ4v) is 1.92. The van der Waals surface area contributed by atoms with Gasteiger partial charge in [0.1, 0.15) is 0 Å². The van der Waals surface area contributed by atoms with E-state index in [1.165, 1.54) is 0 Å². The summed E-state index contributed by atoms with van der Waals surface area (Å²) in [6.45, 7) is 7.05. The lowest BCUT2D eigenvalue weighted by atomic mass is 10.0. The minimum absolute atomic E-state index is 0.104. The second-order valence-corrected chi connectivity index (χ2v) is 4.09. The first-order valence-electron chi connectivity index (χ1n) is 6.01. The second kappa shape index (κ2) is 7.63. The first-order valence-corrected chi connectivity index (χ1v) is 6.01. The summed E-state index contributed by atoms with van der Waals surface area (Å²) in [4.78, 5) is 15.2. The number of ether oxygens (including phenoxy) is 1. The summed E-state index contributed by atoms with van der Waals surface area (Å²) in [7, 11) is 5.95. The fraction of sp³-hybridized carbons (Fsp3) is 0.917. The Hall–Kier alpha value is -0.610. The predicted molar refractivity (Wildman–Crippen MR) is 66.5 cm³/mol. The second-order valence-electron chi connectivity index (χ2n) is 4.09. The van der Waals surface area contributed by atoms with Crippen LogP contribution in [0.1, 0.15) is 27.2 Å². The maximum atomic E-state index is 11.3. The zero-order chi connectivity index (χ0) is 12.7. The Kier molecular flexibility index (Phi) is 7.34. The van der Waals surface area contributed by atoms with Crippen LogP contribution in [-0.4, -0.2) is 62.1 Å². The number of amides is 1. The number of hydrogen-bond donors (Lipinski definition) is 0. The van der Waals surface area contributed by atoms with Crippen molar-refractivity contribution in [1.29, 1.82) is 0 Å². The maximum absolute atomic E-state index is 11.3. The Morgan fingerprint density at radius 2 is 1.75 bits per heavy atom. The van der Waals surface area contributed by atoms with E-state index in [1.54, 1.807) is 11.8 Å². The van der Waals surface area contributed by atoms with Crippen LogP contribution in [0.3, 0.4) is 0 Å². The van der Waals surface area contributed by atoms with Crippen molar-refractivity contribution in [2.75, 3.05) is 34.4 Å². The van der Waals surface area contributed by atoms with E-state index in [-0.39, 0.29) is 11.9 Å². The fourth-order valence-electron chi connectivity index (χ4n) is 1.92. The van der Waals surface area contributed by atoms with Gasteiger partial charge in [0.05, 0.1) is 12.6 Å². The monoisotopic (exact) mass is 230 g/mol. The molecule has 1 amide bonds. The predicted octanol–water partition coefficient (Wildman–Crippen LogP) is 1.21. The minimum Gasteiger partial charge on any atom is -0.379 e. The maximum Gasteiger partial charge on any atom is 0.219 e. The Balaban J connectivity index is 0.00000106. The topological polar surface area (TPSA) is 32.8 Å². The van der Waals surface area contributed by atoms with Crippen molar-refractivity contribution in [2.45, 2.75) is 39.3 Å². The van der Waals surface area contributed by atoms with E-state index in [9.17, 15) is 4.79 Å². The van der Waals surface area contributed by atoms with E-state index in [4.69, 9.17) is 4.74 Å². The summed E-state index contributed by atoms with van der Waals surface area (Å²) in [5.74, 6) is 0.104. The molecule has 0 aromatic heterocycles. The van der Waals surface area contributed by atoms with Gasteiger partial charge in [0.15, 0.2) is 0 Å². The largest absolute Gasteiger partial charge is 0.379 e. The quantitative estimate of drug-likeness (QED) is 0.715. The van der Waals surface area contributed by atoms with Crippen LogP contribution < -0.4 is 0 Å². The molecule has 16 heavy (non-hydrogen) atoms. The molecule has 0 saturated carbocycles. The number of nitrogens with zero attached hydrogens (tertiary/aromatic N) is 2. The summed E-state index contributed by atoms with van der Waals surface area (Å²) < 4.78 is 5.41. The van der Waals surface area contributed by atoms with E-state index in [2.05, 4.69) is 19.0 Å². The Labute approximate surface area is 99.5 Å². The van der Waals surface area contributed by atoms with Gasteiger partial charge in [0.2, 0.25) is 5.91 Å². The highest BCUT2D eigenvalue weighted by Gasteiger charge is 2.31. The third-order valence-electron chi connectivity index (χ3n) is 2.95. The van der Waals surface area contributed by atoms with E-state index in [0.29, 0.717) is 12.6 Å². The highest BCUT2D eigenvalue weighted by molar-refractivity contribution is 5.73. The molecule has 1 aliphatic rings. The lowest BCUT2D eigenvalue weighted by Crippen LogP contribution is -2.54. The molecule has 1 fully saturated rings. The summed E-state index contributed by atoms with van der Waals surface area (Å²) >= 11 is 0. The van der Waals surface area contributed by atoms with Gasteiger partial charge in [-0.3, -0.25) is 4.79 Å². The van der Waals surface area contributed by atoms with Crippen LogP contribution in [0.15, 0.2) is 0 Å². The van der Waals surface area contributed by atoms with Crippen LogP contribution in [0.4, 0.5) is 0 Å².